The number of carbonyl (C=O) groups is 2. The molecule has 134 valence electrons. The first-order chi connectivity index (χ1) is 11.5. The van der Waals surface area contributed by atoms with Gasteiger partial charge in [0.2, 0.25) is 0 Å². The van der Waals surface area contributed by atoms with E-state index in [9.17, 15) is 14.7 Å². The van der Waals surface area contributed by atoms with Crippen LogP contribution in [0, 0.1) is 23.7 Å². The second-order valence-corrected chi connectivity index (χ2v) is 6.53. The number of carbonyl (C=O) groups excluding carboxylic acids is 1. The van der Waals surface area contributed by atoms with Gasteiger partial charge in [-0.3, -0.25) is 9.59 Å². The van der Waals surface area contributed by atoms with Gasteiger partial charge in [0.25, 0.3) is 0 Å². The number of ketones is 1. The smallest absolute Gasteiger partial charge is 0.304 e. The Morgan fingerprint density at radius 1 is 1.33 bits per heavy atom. The van der Waals surface area contributed by atoms with Crippen LogP contribution in [0.15, 0.2) is 12.2 Å². The molecule has 1 fully saturated rings. The summed E-state index contributed by atoms with van der Waals surface area (Å²) in [6.07, 6.45) is 11.0. The van der Waals surface area contributed by atoms with Gasteiger partial charge in [0.15, 0.2) is 0 Å². The number of Topliss-reactive ketones (excluding diaryl/α,β-unsaturated/α-hetero) is 1. The molecule has 0 aromatic heterocycles. The molecule has 4 heteroatoms. The molecule has 1 saturated carbocycles. The Bertz CT molecular complexity index is 484. The van der Waals surface area contributed by atoms with Crippen molar-refractivity contribution in [3.05, 3.63) is 12.2 Å². The van der Waals surface area contributed by atoms with Gasteiger partial charge in [0.05, 0.1) is 12.5 Å². The van der Waals surface area contributed by atoms with Crippen LogP contribution < -0.4 is 0 Å². The van der Waals surface area contributed by atoms with Crippen LogP contribution in [-0.2, 0) is 9.59 Å². The molecule has 2 N–H and O–H groups in total. The van der Waals surface area contributed by atoms with E-state index in [4.69, 9.17) is 5.11 Å². The van der Waals surface area contributed by atoms with Crippen molar-refractivity contribution in [3.63, 3.8) is 0 Å². The van der Waals surface area contributed by atoms with Crippen molar-refractivity contribution >= 4 is 11.8 Å². The van der Waals surface area contributed by atoms with E-state index < -0.39 is 12.1 Å². The van der Waals surface area contributed by atoms with Gasteiger partial charge in [-0.15, -0.1) is 11.8 Å². The molecular formula is C20H30O4. The van der Waals surface area contributed by atoms with E-state index in [0.29, 0.717) is 19.3 Å². The molecule has 3 atom stereocenters. The number of aliphatic carboxylic acids is 1. The number of aliphatic hydroxyl groups excluding tert-OH is 1. The quantitative estimate of drug-likeness (QED) is 0.363. The van der Waals surface area contributed by atoms with Crippen LogP contribution in [-0.4, -0.2) is 28.1 Å². The molecule has 24 heavy (non-hydrogen) atoms. The maximum atomic E-state index is 12.0. The molecular weight excluding hydrogens is 304 g/mol. The van der Waals surface area contributed by atoms with Crippen molar-refractivity contribution in [3.8, 4) is 11.8 Å². The number of carboxylic acid groups (broad SMARTS) is 1. The Kier molecular flexibility index (Phi) is 10.1. The summed E-state index contributed by atoms with van der Waals surface area (Å²) in [5, 5.41) is 18.6. The van der Waals surface area contributed by atoms with Crippen molar-refractivity contribution in [2.75, 3.05) is 0 Å². The highest BCUT2D eigenvalue weighted by molar-refractivity contribution is 5.84. The van der Waals surface area contributed by atoms with Crippen LogP contribution in [0.5, 0.6) is 0 Å². The summed E-state index contributed by atoms with van der Waals surface area (Å²) in [7, 11) is 0. The lowest BCUT2D eigenvalue weighted by atomic mass is 9.91. The van der Waals surface area contributed by atoms with Crippen LogP contribution in [0.4, 0.5) is 0 Å². The first-order valence-electron chi connectivity index (χ1n) is 9.11. The summed E-state index contributed by atoms with van der Waals surface area (Å²) in [6, 6.07) is 0. The maximum absolute atomic E-state index is 12.0. The van der Waals surface area contributed by atoms with E-state index in [1.807, 2.05) is 12.2 Å². The summed E-state index contributed by atoms with van der Waals surface area (Å²) in [4.78, 5) is 22.4. The molecule has 0 heterocycles. The number of hydrogen-bond donors (Lipinski definition) is 2. The molecule has 0 amide bonds. The predicted molar refractivity (Wildman–Crippen MR) is 94.4 cm³/mol. The Hall–Kier alpha value is -1.60. The van der Waals surface area contributed by atoms with Crippen molar-refractivity contribution in [2.45, 2.75) is 77.2 Å². The number of allylic oxidation sites excluding steroid dienone is 1. The van der Waals surface area contributed by atoms with Gasteiger partial charge < -0.3 is 10.2 Å². The lowest BCUT2D eigenvalue weighted by Gasteiger charge is -2.13. The second-order valence-electron chi connectivity index (χ2n) is 6.53. The second kappa shape index (κ2) is 11.9. The lowest BCUT2D eigenvalue weighted by molar-refractivity contribution is -0.136. The van der Waals surface area contributed by atoms with Gasteiger partial charge >= 0.3 is 5.97 Å². The van der Waals surface area contributed by atoms with Gasteiger partial charge in [-0.25, -0.2) is 0 Å². The zero-order valence-electron chi connectivity index (χ0n) is 14.7. The third-order valence-electron chi connectivity index (χ3n) is 4.50. The summed E-state index contributed by atoms with van der Waals surface area (Å²) in [6.45, 7) is 2.16. The molecule has 0 aliphatic heterocycles. The molecule has 0 bridgehead atoms. The summed E-state index contributed by atoms with van der Waals surface area (Å²) >= 11 is 0. The molecule has 0 spiro atoms. The minimum Gasteiger partial charge on any atom is -0.481 e. The minimum absolute atomic E-state index is 0.0408. The fourth-order valence-electron chi connectivity index (χ4n) is 3.02. The summed E-state index contributed by atoms with van der Waals surface area (Å²) in [5.74, 6) is 5.20. The van der Waals surface area contributed by atoms with E-state index in [2.05, 4.69) is 18.8 Å². The van der Waals surface area contributed by atoms with Crippen LogP contribution in [0.1, 0.15) is 71.1 Å². The van der Waals surface area contributed by atoms with Crippen LogP contribution in [0.25, 0.3) is 0 Å². The number of hydrogen-bond acceptors (Lipinski definition) is 3. The number of aliphatic hydroxyl groups is 1. The average Bonchev–Trinajstić information content (AvgIpc) is 2.89. The van der Waals surface area contributed by atoms with Gasteiger partial charge in [0, 0.05) is 25.2 Å². The van der Waals surface area contributed by atoms with E-state index in [-0.39, 0.29) is 24.0 Å². The fraction of sp³-hybridized carbons (Fsp3) is 0.700. The first kappa shape index (κ1) is 20.4. The highest BCUT2D eigenvalue weighted by atomic mass is 16.4. The van der Waals surface area contributed by atoms with E-state index in [1.165, 1.54) is 12.8 Å². The van der Waals surface area contributed by atoms with E-state index in [1.54, 1.807) is 0 Å². The predicted octanol–water partition coefficient (Wildman–Crippen LogP) is 3.73. The van der Waals surface area contributed by atoms with Crippen LogP contribution >= 0.6 is 0 Å². The van der Waals surface area contributed by atoms with Gasteiger partial charge in [-0.1, -0.05) is 44.8 Å². The topological polar surface area (TPSA) is 74.6 Å². The Balaban J connectivity index is 2.40. The number of carboxylic acids is 1. The van der Waals surface area contributed by atoms with E-state index >= 15 is 0 Å². The molecule has 0 radical (unpaired) electrons. The third-order valence-corrected chi connectivity index (χ3v) is 4.50. The maximum Gasteiger partial charge on any atom is 0.304 e. The summed E-state index contributed by atoms with van der Waals surface area (Å²) in [5.41, 5.74) is 0. The SMILES string of the molecule is CCCCCCC(O)C=CC1CCC(=O)C1CC#CCCC(=O)O. The standard InChI is InChI=1S/C20H30O4/c1-2-3-4-6-9-17(21)14-12-16-13-15-19(22)18(16)10-7-5-8-11-20(23)24/h12,14,16-18,21H,2-4,6,8-11,13,15H2,1H3,(H,23,24). The van der Waals surface area contributed by atoms with Crippen molar-refractivity contribution in [1.82, 2.24) is 0 Å². The van der Waals surface area contributed by atoms with Crippen molar-refractivity contribution in [2.24, 2.45) is 11.8 Å². The molecule has 0 aromatic rings. The highest BCUT2D eigenvalue weighted by Crippen LogP contribution is 2.32. The molecule has 1 rings (SSSR count). The Morgan fingerprint density at radius 2 is 2.12 bits per heavy atom. The Morgan fingerprint density at radius 3 is 2.83 bits per heavy atom. The lowest BCUT2D eigenvalue weighted by Crippen LogP contribution is -2.13. The molecule has 3 unspecified atom stereocenters. The van der Waals surface area contributed by atoms with Crippen molar-refractivity contribution in [1.29, 1.82) is 0 Å². The fourth-order valence-corrected chi connectivity index (χ4v) is 3.02. The zero-order chi connectivity index (χ0) is 17.8. The zero-order valence-corrected chi connectivity index (χ0v) is 14.7. The monoisotopic (exact) mass is 334 g/mol. The van der Waals surface area contributed by atoms with Gasteiger partial charge in [-0.05, 0) is 18.8 Å². The third kappa shape index (κ3) is 8.31. The van der Waals surface area contributed by atoms with E-state index in [0.717, 1.165) is 25.7 Å². The molecule has 1 aliphatic rings. The highest BCUT2D eigenvalue weighted by Gasteiger charge is 2.32. The van der Waals surface area contributed by atoms with Crippen LogP contribution in [0.3, 0.4) is 0 Å². The van der Waals surface area contributed by atoms with Gasteiger partial charge in [-0.2, -0.15) is 0 Å². The number of unbranched alkanes of at least 4 members (excludes halogenated alkanes) is 3. The van der Waals surface area contributed by atoms with Gasteiger partial charge in [0.1, 0.15) is 5.78 Å². The first-order valence-corrected chi connectivity index (χ1v) is 9.11. The summed E-state index contributed by atoms with van der Waals surface area (Å²) < 4.78 is 0. The normalized spacial score (nSPS) is 21.7. The largest absolute Gasteiger partial charge is 0.481 e. The van der Waals surface area contributed by atoms with Crippen LogP contribution in [0.2, 0.25) is 0 Å². The molecule has 1 aliphatic carbocycles. The number of rotatable bonds is 10. The van der Waals surface area contributed by atoms with Crippen molar-refractivity contribution < 1.29 is 19.8 Å². The minimum atomic E-state index is -0.852. The molecule has 4 nitrogen and oxygen atoms in total. The molecule has 0 aromatic carbocycles. The average molecular weight is 334 g/mol. The molecule has 0 saturated heterocycles. The Labute approximate surface area is 145 Å².